The van der Waals surface area contributed by atoms with E-state index in [1.54, 1.807) is 12.1 Å². The highest BCUT2D eigenvalue weighted by Crippen LogP contribution is 2.64. The number of Topliss-reactive ketones (excluding diaryl/α,β-unsaturated/α-hetero) is 1. The molecular weight excluding hydrogens is 536 g/mol. The van der Waals surface area contributed by atoms with E-state index in [9.17, 15) is 40.5 Å². The van der Waals surface area contributed by atoms with Gasteiger partial charge in [-0.25, -0.2) is 0 Å². The summed E-state index contributed by atoms with van der Waals surface area (Å²) in [5.74, 6) is -5.54. The number of phenols is 5. The van der Waals surface area contributed by atoms with Crippen molar-refractivity contribution in [3.63, 3.8) is 0 Å². The lowest BCUT2D eigenvalue weighted by Gasteiger charge is -2.44. The fourth-order valence-electron chi connectivity index (χ4n) is 5.88. The van der Waals surface area contributed by atoms with Crippen LogP contribution < -0.4 is 14.2 Å². The number of aliphatic hydroxyl groups is 2. The number of carbonyl (C=O) groups excluding carboxylic acids is 1. The number of phenolic OH excluding ortho intramolecular Hbond substituents is 5. The van der Waals surface area contributed by atoms with Crippen LogP contribution in [0, 0.1) is 0 Å². The third kappa shape index (κ3) is 3.24. The summed E-state index contributed by atoms with van der Waals surface area (Å²) in [7, 11) is 0. The van der Waals surface area contributed by atoms with Gasteiger partial charge in [0.05, 0.1) is 11.7 Å². The van der Waals surface area contributed by atoms with Crippen LogP contribution in [0.2, 0.25) is 0 Å². The first-order valence-electron chi connectivity index (χ1n) is 12.6. The molecule has 208 valence electrons. The lowest BCUT2D eigenvalue weighted by atomic mass is 9.74. The molecule has 0 saturated carbocycles. The maximum absolute atomic E-state index is 14.3. The smallest absolute Gasteiger partial charge is 0.319 e. The lowest BCUT2D eigenvalue weighted by Crippen LogP contribution is -2.60. The average molecular weight is 558 g/mol. The summed E-state index contributed by atoms with van der Waals surface area (Å²) in [6.45, 7) is 0. The van der Waals surface area contributed by atoms with Crippen molar-refractivity contribution in [3.05, 3.63) is 94.5 Å². The topological polar surface area (TPSA) is 186 Å². The van der Waals surface area contributed by atoms with E-state index in [2.05, 4.69) is 0 Å². The Hall–Kier alpha value is -5.13. The van der Waals surface area contributed by atoms with Gasteiger partial charge in [-0.2, -0.15) is 0 Å². The Kier molecular flexibility index (Phi) is 4.97. The summed E-state index contributed by atoms with van der Waals surface area (Å²) < 4.78 is 18.6. The fourth-order valence-corrected chi connectivity index (χ4v) is 5.88. The van der Waals surface area contributed by atoms with Crippen LogP contribution in [0.15, 0.2) is 66.7 Å². The van der Waals surface area contributed by atoms with Crippen LogP contribution in [0.25, 0.3) is 0 Å². The normalized spacial score (nSPS) is 25.6. The molecule has 3 heterocycles. The summed E-state index contributed by atoms with van der Waals surface area (Å²) in [6.07, 6.45) is -2.31. The second kappa shape index (κ2) is 8.19. The van der Waals surface area contributed by atoms with Crippen LogP contribution in [0.3, 0.4) is 0 Å². The summed E-state index contributed by atoms with van der Waals surface area (Å²) in [6, 6.07) is 14.4. The van der Waals surface area contributed by atoms with Gasteiger partial charge in [0.2, 0.25) is 11.4 Å². The number of benzene rings is 4. The highest BCUT2D eigenvalue weighted by Gasteiger charge is 2.72. The van der Waals surface area contributed by atoms with E-state index >= 15 is 0 Å². The quantitative estimate of drug-likeness (QED) is 0.192. The Labute approximate surface area is 231 Å². The van der Waals surface area contributed by atoms with E-state index in [1.807, 2.05) is 0 Å². The minimum absolute atomic E-state index is 0.00570. The van der Waals surface area contributed by atoms with Crippen molar-refractivity contribution in [3.8, 4) is 46.0 Å². The number of carbonyl (C=O) groups is 1. The van der Waals surface area contributed by atoms with Gasteiger partial charge < -0.3 is 50.0 Å². The molecule has 4 aromatic carbocycles. The van der Waals surface area contributed by atoms with Crippen LogP contribution in [0.4, 0.5) is 0 Å². The van der Waals surface area contributed by atoms with Gasteiger partial charge in [-0.05, 0) is 42.0 Å². The van der Waals surface area contributed by atoms with E-state index in [0.29, 0.717) is 5.56 Å². The van der Waals surface area contributed by atoms with Crippen molar-refractivity contribution in [1.29, 1.82) is 0 Å². The first-order chi connectivity index (χ1) is 19.5. The van der Waals surface area contributed by atoms with E-state index in [0.717, 1.165) is 12.1 Å². The van der Waals surface area contributed by atoms with Crippen LogP contribution in [-0.2, 0) is 17.8 Å². The zero-order valence-corrected chi connectivity index (χ0v) is 21.0. The van der Waals surface area contributed by atoms with Crippen LogP contribution in [0.5, 0.6) is 46.0 Å². The van der Waals surface area contributed by atoms with Crippen molar-refractivity contribution in [2.24, 2.45) is 0 Å². The maximum Gasteiger partial charge on any atom is 0.319 e. The molecule has 7 N–H and O–H groups in total. The van der Waals surface area contributed by atoms with Crippen LogP contribution in [0.1, 0.15) is 38.7 Å². The third-order valence-electron chi connectivity index (χ3n) is 7.77. The van der Waals surface area contributed by atoms with E-state index < -0.39 is 46.4 Å². The zero-order valence-electron chi connectivity index (χ0n) is 21.0. The molecule has 0 amide bonds. The number of aromatic hydroxyl groups is 5. The molecule has 4 aromatic rings. The molecule has 3 aliphatic rings. The van der Waals surface area contributed by atoms with Crippen molar-refractivity contribution in [1.82, 2.24) is 0 Å². The van der Waals surface area contributed by atoms with E-state index in [4.69, 9.17) is 14.2 Å². The van der Waals surface area contributed by atoms with Gasteiger partial charge in [-0.1, -0.05) is 12.1 Å². The van der Waals surface area contributed by atoms with Gasteiger partial charge in [-0.15, -0.1) is 0 Å². The Balaban J connectivity index is 1.49. The Morgan fingerprint density at radius 2 is 1.39 bits per heavy atom. The molecule has 0 saturated heterocycles. The molecule has 0 fully saturated rings. The number of hydrogen-bond acceptors (Lipinski definition) is 11. The SMILES string of the molecule is O=C1c2c(O)cc(O)cc2O[C@]2(c3ccc(O)cc3)Oc3cc(O)c4c(c3[C@]12O)O[C@@H](c1ccc(O)cc1)[C@H](O)C4. The summed E-state index contributed by atoms with van der Waals surface area (Å²) >= 11 is 0. The highest BCUT2D eigenvalue weighted by molar-refractivity contribution is 6.10. The lowest BCUT2D eigenvalue weighted by molar-refractivity contribution is -0.218. The predicted molar refractivity (Wildman–Crippen MR) is 138 cm³/mol. The second-order valence-corrected chi connectivity index (χ2v) is 10.2. The third-order valence-corrected chi connectivity index (χ3v) is 7.77. The van der Waals surface area contributed by atoms with Crippen LogP contribution >= 0.6 is 0 Å². The molecule has 0 bridgehead atoms. The molecule has 0 aromatic heterocycles. The Bertz CT molecular complexity index is 1750. The monoisotopic (exact) mass is 558 g/mol. The maximum atomic E-state index is 14.3. The number of hydrogen-bond donors (Lipinski definition) is 7. The molecule has 41 heavy (non-hydrogen) atoms. The molecule has 4 atom stereocenters. The number of ether oxygens (including phenoxy) is 3. The molecule has 0 spiro atoms. The molecular formula is C30H22O11. The summed E-state index contributed by atoms with van der Waals surface area (Å²) in [5, 5.41) is 74.8. The molecule has 0 radical (unpaired) electrons. The molecule has 0 aliphatic carbocycles. The van der Waals surface area contributed by atoms with Crippen molar-refractivity contribution in [2.45, 2.75) is 30.0 Å². The van der Waals surface area contributed by atoms with Crippen LogP contribution in [-0.4, -0.2) is 47.6 Å². The molecule has 0 unspecified atom stereocenters. The molecule has 11 nitrogen and oxygen atoms in total. The minimum Gasteiger partial charge on any atom is -0.508 e. The first-order valence-corrected chi connectivity index (χ1v) is 12.6. The molecule has 3 aliphatic heterocycles. The Morgan fingerprint density at radius 3 is 2.07 bits per heavy atom. The summed E-state index contributed by atoms with van der Waals surface area (Å²) in [5.41, 5.74) is -2.73. The van der Waals surface area contributed by atoms with E-state index in [-0.39, 0.29) is 57.6 Å². The average Bonchev–Trinajstić information content (AvgIpc) is 3.18. The number of fused-ring (bicyclic) bond motifs is 6. The molecule has 7 rings (SSSR count). The second-order valence-electron chi connectivity index (χ2n) is 10.2. The standard InChI is InChI=1S/C30H22O11/c31-15-5-1-13(2-6-15)26-21(36)11-18-19(34)12-23-25(27(18)39-26)29(38)28(37)24-20(35)9-17(33)10-22(24)40-30(29,41-23)14-3-7-16(32)8-4-14/h1-10,12,21,26,31-36,38H,11H2/t21-,26+,29+,30-/m1/s1. The van der Waals surface area contributed by atoms with Gasteiger partial charge >= 0.3 is 5.79 Å². The minimum atomic E-state index is -2.74. The van der Waals surface area contributed by atoms with Crippen molar-refractivity contribution >= 4 is 5.78 Å². The Morgan fingerprint density at radius 1 is 0.756 bits per heavy atom. The van der Waals surface area contributed by atoms with Gasteiger partial charge in [0.25, 0.3) is 0 Å². The van der Waals surface area contributed by atoms with Crippen molar-refractivity contribution < 1.29 is 54.8 Å². The largest absolute Gasteiger partial charge is 0.508 e. The van der Waals surface area contributed by atoms with Gasteiger partial charge in [0.15, 0.2) is 0 Å². The first kappa shape index (κ1) is 24.9. The number of aliphatic hydroxyl groups excluding tert-OH is 1. The van der Waals surface area contributed by atoms with Gasteiger partial charge in [-0.3, -0.25) is 4.79 Å². The summed E-state index contributed by atoms with van der Waals surface area (Å²) in [4.78, 5) is 14.3. The number of ketones is 1. The zero-order chi connectivity index (χ0) is 28.8. The van der Waals surface area contributed by atoms with E-state index in [1.165, 1.54) is 42.5 Å². The predicted octanol–water partition coefficient (Wildman–Crippen LogP) is 2.96. The fraction of sp³-hybridized carbons (Fsp3) is 0.167. The molecule has 11 heteroatoms. The number of rotatable bonds is 2. The van der Waals surface area contributed by atoms with Gasteiger partial charge in [0.1, 0.15) is 57.7 Å². The highest BCUT2D eigenvalue weighted by atomic mass is 16.7. The van der Waals surface area contributed by atoms with Gasteiger partial charge in [0, 0.05) is 35.7 Å². The van der Waals surface area contributed by atoms with Crippen molar-refractivity contribution in [2.75, 3.05) is 0 Å².